The van der Waals surface area contributed by atoms with Gasteiger partial charge < -0.3 is 10.1 Å². The van der Waals surface area contributed by atoms with Crippen LogP contribution in [-0.4, -0.2) is 20.1 Å². The minimum Gasteiger partial charge on any atom is -0.469 e. The minimum atomic E-state index is -0.204. The number of esters is 1. The third-order valence-corrected chi connectivity index (χ3v) is 2.49. The standard InChI is InChI=1S/C12H17NO2/c1-9(13-2)11-6-4-10(5-7-11)8-12(14)15-3/h4-7,9,13H,8H2,1-3H3/t9-/m1/s1. The Morgan fingerprint density at radius 1 is 1.40 bits per heavy atom. The van der Waals surface area contributed by atoms with Gasteiger partial charge in [0.2, 0.25) is 0 Å². The quantitative estimate of drug-likeness (QED) is 0.763. The fourth-order valence-corrected chi connectivity index (χ4v) is 1.33. The highest BCUT2D eigenvalue weighted by molar-refractivity contribution is 5.72. The van der Waals surface area contributed by atoms with Crippen LogP contribution in [0.4, 0.5) is 0 Å². The third kappa shape index (κ3) is 3.36. The van der Waals surface area contributed by atoms with Gasteiger partial charge in [-0.3, -0.25) is 4.79 Å². The molecule has 0 radical (unpaired) electrons. The molecule has 0 aliphatic carbocycles. The molecule has 1 N–H and O–H groups in total. The Bertz CT molecular complexity index is 319. The van der Waals surface area contributed by atoms with E-state index in [2.05, 4.69) is 17.0 Å². The lowest BCUT2D eigenvalue weighted by Crippen LogP contribution is -2.12. The van der Waals surface area contributed by atoms with Crippen molar-refractivity contribution < 1.29 is 9.53 Å². The van der Waals surface area contributed by atoms with E-state index in [1.54, 1.807) is 0 Å². The van der Waals surface area contributed by atoms with E-state index in [0.29, 0.717) is 12.5 Å². The molecule has 0 heterocycles. The second-order valence-electron chi connectivity index (χ2n) is 3.50. The van der Waals surface area contributed by atoms with Crippen LogP contribution in [0.5, 0.6) is 0 Å². The lowest BCUT2D eigenvalue weighted by molar-refractivity contribution is -0.139. The summed E-state index contributed by atoms with van der Waals surface area (Å²) >= 11 is 0. The van der Waals surface area contributed by atoms with Gasteiger partial charge in [-0.2, -0.15) is 0 Å². The fourth-order valence-electron chi connectivity index (χ4n) is 1.33. The van der Waals surface area contributed by atoms with Crippen molar-refractivity contribution in [3.63, 3.8) is 0 Å². The van der Waals surface area contributed by atoms with E-state index in [1.807, 2.05) is 31.3 Å². The molecule has 1 rings (SSSR count). The molecule has 0 unspecified atom stereocenters. The Morgan fingerprint density at radius 3 is 2.47 bits per heavy atom. The number of hydrogen-bond acceptors (Lipinski definition) is 3. The molecule has 3 nitrogen and oxygen atoms in total. The second kappa shape index (κ2) is 5.51. The smallest absolute Gasteiger partial charge is 0.309 e. The number of methoxy groups -OCH3 is 1. The van der Waals surface area contributed by atoms with Crippen LogP contribution < -0.4 is 5.32 Å². The predicted molar refractivity (Wildman–Crippen MR) is 59.6 cm³/mol. The molecule has 0 aliphatic rings. The zero-order chi connectivity index (χ0) is 11.3. The van der Waals surface area contributed by atoms with Crippen molar-refractivity contribution in [2.24, 2.45) is 0 Å². The van der Waals surface area contributed by atoms with Gasteiger partial charge >= 0.3 is 5.97 Å². The summed E-state index contributed by atoms with van der Waals surface area (Å²) in [6.07, 6.45) is 0.338. The molecule has 0 saturated carbocycles. The van der Waals surface area contributed by atoms with Crippen molar-refractivity contribution in [1.82, 2.24) is 5.32 Å². The summed E-state index contributed by atoms with van der Waals surface area (Å²) in [6.45, 7) is 2.09. The summed E-state index contributed by atoms with van der Waals surface area (Å²) in [5, 5.41) is 3.16. The number of rotatable bonds is 4. The number of hydrogen-bond donors (Lipinski definition) is 1. The topological polar surface area (TPSA) is 38.3 Å². The molecular weight excluding hydrogens is 190 g/mol. The zero-order valence-corrected chi connectivity index (χ0v) is 9.41. The summed E-state index contributed by atoms with van der Waals surface area (Å²) in [7, 11) is 3.33. The van der Waals surface area contributed by atoms with Crippen molar-refractivity contribution in [2.75, 3.05) is 14.2 Å². The lowest BCUT2D eigenvalue weighted by atomic mass is 10.0. The van der Waals surface area contributed by atoms with Gasteiger partial charge in [-0.15, -0.1) is 0 Å². The van der Waals surface area contributed by atoms with Gasteiger partial charge in [-0.25, -0.2) is 0 Å². The van der Waals surface area contributed by atoms with Crippen molar-refractivity contribution >= 4 is 5.97 Å². The van der Waals surface area contributed by atoms with Gasteiger partial charge in [0.1, 0.15) is 0 Å². The molecule has 0 aliphatic heterocycles. The SMILES string of the molecule is CN[C@H](C)c1ccc(CC(=O)OC)cc1. The monoisotopic (exact) mass is 207 g/mol. The van der Waals surface area contributed by atoms with Crippen LogP contribution in [-0.2, 0) is 16.0 Å². The normalized spacial score (nSPS) is 12.2. The largest absolute Gasteiger partial charge is 0.469 e. The Balaban J connectivity index is 2.68. The average molecular weight is 207 g/mol. The van der Waals surface area contributed by atoms with Crippen molar-refractivity contribution in [2.45, 2.75) is 19.4 Å². The van der Waals surface area contributed by atoms with E-state index < -0.39 is 0 Å². The van der Waals surface area contributed by atoms with Gasteiger partial charge in [-0.1, -0.05) is 24.3 Å². The molecule has 15 heavy (non-hydrogen) atoms. The third-order valence-electron chi connectivity index (χ3n) is 2.49. The Morgan fingerprint density at radius 2 is 2.00 bits per heavy atom. The van der Waals surface area contributed by atoms with Gasteiger partial charge in [0.25, 0.3) is 0 Å². The maximum absolute atomic E-state index is 11.0. The van der Waals surface area contributed by atoms with Crippen LogP contribution in [0.2, 0.25) is 0 Å². The van der Waals surface area contributed by atoms with Gasteiger partial charge in [-0.05, 0) is 25.1 Å². The van der Waals surface area contributed by atoms with E-state index in [4.69, 9.17) is 0 Å². The molecule has 0 spiro atoms. The molecule has 0 amide bonds. The maximum Gasteiger partial charge on any atom is 0.309 e. The summed E-state index contributed by atoms with van der Waals surface area (Å²) in [5.41, 5.74) is 2.19. The number of nitrogens with one attached hydrogen (secondary N) is 1. The Kier molecular flexibility index (Phi) is 4.31. The van der Waals surface area contributed by atoms with Crippen molar-refractivity contribution in [3.8, 4) is 0 Å². The molecule has 1 aromatic carbocycles. The Hall–Kier alpha value is -1.35. The first kappa shape index (κ1) is 11.7. The summed E-state index contributed by atoms with van der Waals surface area (Å²) in [5.74, 6) is -0.204. The molecular formula is C12H17NO2. The van der Waals surface area contributed by atoms with Crippen LogP contribution >= 0.6 is 0 Å². The van der Waals surface area contributed by atoms with E-state index in [0.717, 1.165) is 5.56 Å². The number of carbonyl (C=O) groups excluding carboxylic acids is 1. The van der Waals surface area contributed by atoms with Gasteiger partial charge in [0.05, 0.1) is 13.5 Å². The molecule has 1 atom stereocenters. The highest BCUT2D eigenvalue weighted by Crippen LogP contribution is 2.13. The number of ether oxygens (including phenoxy) is 1. The number of carbonyl (C=O) groups is 1. The van der Waals surface area contributed by atoms with Gasteiger partial charge in [0.15, 0.2) is 0 Å². The highest BCUT2D eigenvalue weighted by Gasteiger charge is 2.04. The van der Waals surface area contributed by atoms with Crippen molar-refractivity contribution in [3.05, 3.63) is 35.4 Å². The van der Waals surface area contributed by atoms with Crippen LogP contribution in [0.25, 0.3) is 0 Å². The molecule has 0 fully saturated rings. The maximum atomic E-state index is 11.0. The lowest BCUT2D eigenvalue weighted by Gasteiger charge is -2.10. The summed E-state index contributed by atoms with van der Waals surface area (Å²) < 4.78 is 4.60. The molecule has 1 aromatic rings. The first-order chi connectivity index (χ1) is 7.17. The molecule has 0 aromatic heterocycles. The van der Waals surface area contributed by atoms with Crippen LogP contribution in [0, 0.1) is 0 Å². The van der Waals surface area contributed by atoms with Crippen molar-refractivity contribution in [1.29, 1.82) is 0 Å². The zero-order valence-electron chi connectivity index (χ0n) is 9.41. The van der Waals surface area contributed by atoms with E-state index in [1.165, 1.54) is 12.7 Å². The van der Waals surface area contributed by atoms with E-state index in [-0.39, 0.29) is 5.97 Å². The molecule has 82 valence electrons. The second-order valence-corrected chi connectivity index (χ2v) is 3.50. The Labute approximate surface area is 90.4 Å². The summed E-state index contributed by atoms with van der Waals surface area (Å²) in [4.78, 5) is 11.0. The average Bonchev–Trinajstić information content (AvgIpc) is 2.29. The predicted octanol–water partition coefficient (Wildman–Crippen LogP) is 1.68. The first-order valence-electron chi connectivity index (χ1n) is 5.00. The van der Waals surface area contributed by atoms with Crippen LogP contribution in [0.15, 0.2) is 24.3 Å². The molecule has 3 heteroatoms. The first-order valence-corrected chi connectivity index (χ1v) is 5.00. The molecule has 0 saturated heterocycles. The highest BCUT2D eigenvalue weighted by atomic mass is 16.5. The molecule has 0 bridgehead atoms. The van der Waals surface area contributed by atoms with Gasteiger partial charge in [0, 0.05) is 6.04 Å². The van der Waals surface area contributed by atoms with Crippen LogP contribution in [0.3, 0.4) is 0 Å². The van der Waals surface area contributed by atoms with E-state index in [9.17, 15) is 4.79 Å². The number of benzene rings is 1. The van der Waals surface area contributed by atoms with E-state index >= 15 is 0 Å². The minimum absolute atomic E-state index is 0.204. The van der Waals surface area contributed by atoms with Crippen LogP contribution in [0.1, 0.15) is 24.1 Å². The fraction of sp³-hybridized carbons (Fsp3) is 0.417. The summed E-state index contributed by atoms with van der Waals surface area (Å²) in [6, 6.07) is 8.30.